The fourth-order valence-electron chi connectivity index (χ4n) is 7.03. The van der Waals surface area contributed by atoms with Gasteiger partial charge in [-0.1, -0.05) is 50.6 Å². The summed E-state index contributed by atoms with van der Waals surface area (Å²) in [6, 6.07) is 10.8. The SMILES string of the molecule is CCC(C)C[C@]1(c2ccccc2)CC[C@]2(CC1)CN(CCC(=O)Nc1cnc(N)nc1)C(=O)N2CC1(O)CCC1. The molecular formula is C31H44N6O3. The van der Waals surface area contributed by atoms with Crippen molar-refractivity contribution in [3.05, 3.63) is 48.3 Å². The van der Waals surface area contributed by atoms with Crippen molar-refractivity contribution in [2.24, 2.45) is 5.92 Å². The van der Waals surface area contributed by atoms with Crippen LogP contribution in [0.15, 0.2) is 42.7 Å². The van der Waals surface area contributed by atoms with Gasteiger partial charge in [0.1, 0.15) is 0 Å². The van der Waals surface area contributed by atoms with Gasteiger partial charge in [0.15, 0.2) is 0 Å². The molecule has 0 radical (unpaired) electrons. The Morgan fingerprint density at radius 1 is 1.10 bits per heavy atom. The highest BCUT2D eigenvalue weighted by Gasteiger charge is 2.56. The van der Waals surface area contributed by atoms with Crippen LogP contribution in [0.5, 0.6) is 0 Å². The molecule has 0 bridgehead atoms. The Morgan fingerprint density at radius 3 is 2.38 bits per heavy atom. The lowest BCUT2D eigenvalue weighted by Crippen LogP contribution is -2.58. The Morgan fingerprint density at radius 2 is 1.77 bits per heavy atom. The monoisotopic (exact) mass is 548 g/mol. The van der Waals surface area contributed by atoms with Gasteiger partial charge < -0.3 is 26.0 Å². The lowest BCUT2D eigenvalue weighted by Gasteiger charge is -2.51. The van der Waals surface area contributed by atoms with Crippen LogP contribution in [0.25, 0.3) is 0 Å². The van der Waals surface area contributed by atoms with Gasteiger partial charge in [-0.2, -0.15) is 0 Å². The number of anilines is 2. The van der Waals surface area contributed by atoms with Crippen LogP contribution >= 0.6 is 0 Å². The second-order valence-corrected chi connectivity index (χ2v) is 12.6. The Hall–Kier alpha value is -3.20. The number of amides is 3. The number of carbonyl (C=O) groups excluding carboxylic acids is 2. The second kappa shape index (κ2) is 11.4. The maximum absolute atomic E-state index is 13.8. The van der Waals surface area contributed by atoms with Gasteiger partial charge >= 0.3 is 6.03 Å². The number of hydrogen-bond donors (Lipinski definition) is 3. The first-order valence-electron chi connectivity index (χ1n) is 14.9. The van der Waals surface area contributed by atoms with Gasteiger partial charge in [0.2, 0.25) is 11.9 Å². The lowest BCUT2D eigenvalue weighted by atomic mass is 9.60. The smallest absolute Gasteiger partial charge is 0.320 e. The number of nitrogens with zero attached hydrogens (tertiary/aromatic N) is 4. The van der Waals surface area contributed by atoms with Crippen LogP contribution in [0.1, 0.15) is 83.6 Å². The third-order valence-corrected chi connectivity index (χ3v) is 9.82. The summed E-state index contributed by atoms with van der Waals surface area (Å²) in [4.78, 5) is 38.1. The first-order chi connectivity index (χ1) is 19.2. The number of nitrogen functional groups attached to an aromatic ring is 1. The highest BCUT2D eigenvalue weighted by Crippen LogP contribution is 2.51. The molecule has 1 aromatic carbocycles. The van der Waals surface area contributed by atoms with Crippen molar-refractivity contribution in [2.75, 3.05) is 30.7 Å². The van der Waals surface area contributed by atoms with E-state index in [2.05, 4.69) is 59.5 Å². The maximum Gasteiger partial charge on any atom is 0.320 e. The van der Waals surface area contributed by atoms with Gasteiger partial charge in [-0.05, 0) is 68.3 Å². The van der Waals surface area contributed by atoms with Gasteiger partial charge in [-0.3, -0.25) is 4.79 Å². The summed E-state index contributed by atoms with van der Waals surface area (Å²) in [5.74, 6) is 0.561. The molecule has 9 nitrogen and oxygen atoms in total. The number of urea groups is 1. The number of carbonyl (C=O) groups is 2. The summed E-state index contributed by atoms with van der Waals surface area (Å²) in [7, 11) is 0. The predicted octanol–water partition coefficient (Wildman–Crippen LogP) is 4.73. The number of rotatable bonds is 10. The standard InChI is InChI=1S/C31H44N6O3/c1-3-23(2)18-29(24-8-5-4-6-9-24)13-15-30(16-14-29)21-36(28(39)37(30)22-31(40)11-7-12-31)17-10-26(38)35-25-19-33-27(32)34-20-25/h4-6,8-9,19-20,23,40H,3,7,10-18,21-22H2,1-2H3,(H,35,38)(H2,32,33,34)/t23?,29-,30-. The van der Waals surface area contributed by atoms with Crippen molar-refractivity contribution in [1.29, 1.82) is 0 Å². The quantitative estimate of drug-likeness (QED) is 0.394. The maximum atomic E-state index is 13.8. The van der Waals surface area contributed by atoms with E-state index >= 15 is 0 Å². The van der Waals surface area contributed by atoms with Crippen molar-refractivity contribution in [1.82, 2.24) is 19.8 Å². The van der Waals surface area contributed by atoms with Crippen molar-refractivity contribution in [3.8, 4) is 0 Å². The van der Waals surface area contributed by atoms with Crippen molar-refractivity contribution in [3.63, 3.8) is 0 Å². The Kier molecular flexibility index (Phi) is 8.04. The van der Waals surface area contributed by atoms with E-state index in [1.807, 2.05) is 9.80 Å². The van der Waals surface area contributed by atoms with Gasteiger partial charge in [0, 0.05) is 19.5 Å². The molecule has 9 heteroatoms. The summed E-state index contributed by atoms with van der Waals surface area (Å²) in [6.07, 6.45) is 11.7. The Labute approximate surface area is 237 Å². The molecule has 1 unspecified atom stereocenters. The molecule has 3 amide bonds. The predicted molar refractivity (Wildman–Crippen MR) is 156 cm³/mol. The number of aliphatic hydroxyl groups is 1. The average molecular weight is 549 g/mol. The number of hydrogen-bond acceptors (Lipinski definition) is 6. The summed E-state index contributed by atoms with van der Waals surface area (Å²) < 4.78 is 0. The molecule has 1 aliphatic heterocycles. The molecule has 2 heterocycles. The van der Waals surface area contributed by atoms with Crippen LogP contribution < -0.4 is 11.1 Å². The Bertz CT molecular complexity index is 1180. The molecule has 2 aliphatic carbocycles. The van der Waals surface area contributed by atoms with Crippen LogP contribution in [0.4, 0.5) is 16.4 Å². The van der Waals surface area contributed by atoms with E-state index in [9.17, 15) is 14.7 Å². The zero-order valence-corrected chi connectivity index (χ0v) is 23.9. The molecule has 5 rings (SSSR count). The molecule has 2 saturated carbocycles. The fraction of sp³-hybridized carbons (Fsp3) is 0.613. The van der Waals surface area contributed by atoms with E-state index in [1.54, 1.807) is 0 Å². The molecule has 2 aromatic rings. The third-order valence-electron chi connectivity index (χ3n) is 9.82. The van der Waals surface area contributed by atoms with Crippen LogP contribution in [0.3, 0.4) is 0 Å². The van der Waals surface area contributed by atoms with E-state index < -0.39 is 5.60 Å². The topological polar surface area (TPSA) is 125 Å². The average Bonchev–Trinajstić information content (AvgIpc) is 3.19. The Balaban J connectivity index is 1.32. The first-order valence-corrected chi connectivity index (χ1v) is 14.9. The van der Waals surface area contributed by atoms with E-state index in [4.69, 9.17) is 5.73 Å². The molecule has 40 heavy (non-hydrogen) atoms. The molecule has 1 spiro atoms. The number of nitrogens with one attached hydrogen (secondary N) is 1. The summed E-state index contributed by atoms with van der Waals surface area (Å²) in [5.41, 5.74) is 6.39. The van der Waals surface area contributed by atoms with Crippen LogP contribution in [-0.4, -0.2) is 67.6 Å². The van der Waals surface area contributed by atoms with Crippen LogP contribution in [-0.2, 0) is 10.2 Å². The minimum atomic E-state index is -0.796. The molecular weight excluding hydrogens is 504 g/mol. The van der Waals surface area contributed by atoms with E-state index in [0.717, 1.165) is 57.8 Å². The van der Waals surface area contributed by atoms with E-state index in [-0.39, 0.29) is 35.3 Å². The lowest BCUT2D eigenvalue weighted by molar-refractivity contribution is -0.116. The third kappa shape index (κ3) is 5.80. The summed E-state index contributed by atoms with van der Waals surface area (Å²) in [6.45, 7) is 5.90. The van der Waals surface area contributed by atoms with Crippen LogP contribution in [0, 0.1) is 5.92 Å². The van der Waals surface area contributed by atoms with Gasteiger partial charge in [-0.25, -0.2) is 14.8 Å². The molecule has 1 saturated heterocycles. The second-order valence-electron chi connectivity index (χ2n) is 12.6. The molecule has 3 fully saturated rings. The van der Waals surface area contributed by atoms with Gasteiger partial charge in [0.05, 0.1) is 35.8 Å². The van der Waals surface area contributed by atoms with Gasteiger partial charge in [0.25, 0.3) is 0 Å². The van der Waals surface area contributed by atoms with Crippen LogP contribution in [0.2, 0.25) is 0 Å². The molecule has 3 aliphatic rings. The van der Waals surface area contributed by atoms with E-state index in [0.29, 0.717) is 31.2 Å². The number of benzene rings is 1. The molecule has 216 valence electrons. The largest absolute Gasteiger partial charge is 0.388 e. The fourth-order valence-corrected chi connectivity index (χ4v) is 7.03. The number of nitrogens with two attached hydrogens (primary N) is 1. The summed E-state index contributed by atoms with van der Waals surface area (Å²) in [5, 5.41) is 13.9. The summed E-state index contributed by atoms with van der Waals surface area (Å²) >= 11 is 0. The molecule has 4 N–H and O–H groups in total. The van der Waals surface area contributed by atoms with Crippen molar-refractivity contribution >= 4 is 23.6 Å². The van der Waals surface area contributed by atoms with E-state index in [1.165, 1.54) is 18.0 Å². The zero-order chi connectivity index (χ0) is 28.4. The van der Waals surface area contributed by atoms with Crippen molar-refractivity contribution in [2.45, 2.75) is 94.6 Å². The normalized spacial score (nSPS) is 26.5. The molecule has 1 atom stereocenters. The first kappa shape index (κ1) is 28.3. The highest BCUT2D eigenvalue weighted by molar-refractivity contribution is 5.91. The zero-order valence-electron chi connectivity index (χ0n) is 23.9. The number of aromatic nitrogens is 2. The molecule has 1 aromatic heterocycles. The number of β-amino-alcohol motifs (C(OH)–C–C–N with tert-alkyl or cyclic N) is 1. The van der Waals surface area contributed by atoms with Crippen molar-refractivity contribution < 1.29 is 14.7 Å². The minimum absolute atomic E-state index is 0.0573. The minimum Gasteiger partial charge on any atom is -0.388 e. The highest BCUT2D eigenvalue weighted by atomic mass is 16.3. The van der Waals surface area contributed by atoms with Gasteiger partial charge in [-0.15, -0.1) is 0 Å².